The minimum absolute atomic E-state index is 0.903. The van der Waals surface area contributed by atoms with Gasteiger partial charge in [-0.1, -0.05) is 6.92 Å². The van der Waals surface area contributed by atoms with Crippen LogP contribution in [-0.2, 0) is 4.74 Å². The monoisotopic (exact) mass is 85.1 g/mol. The molecule has 0 amide bonds. The van der Waals surface area contributed by atoms with E-state index in [0.717, 1.165) is 13.2 Å². The fourth-order valence-electron chi connectivity index (χ4n) is 0.565. The van der Waals surface area contributed by atoms with Crippen molar-refractivity contribution in [1.29, 1.82) is 0 Å². The summed E-state index contributed by atoms with van der Waals surface area (Å²) < 4.78 is 5.02. The van der Waals surface area contributed by atoms with Crippen molar-refractivity contribution in [1.82, 2.24) is 0 Å². The van der Waals surface area contributed by atoms with Crippen molar-refractivity contribution in [3.63, 3.8) is 0 Å². The van der Waals surface area contributed by atoms with Crippen LogP contribution < -0.4 is 0 Å². The van der Waals surface area contributed by atoms with Crippen molar-refractivity contribution in [3.05, 3.63) is 5.92 Å². The largest absolute Gasteiger partial charge is 0.381 e. The minimum Gasteiger partial charge on any atom is -0.381 e. The second kappa shape index (κ2) is 1.61. The molecule has 0 aromatic carbocycles. The lowest BCUT2D eigenvalue weighted by molar-refractivity contribution is 0.201. The van der Waals surface area contributed by atoms with E-state index in [1.807, 2.05) is 0 Å². The number of ether oxygens (including phenoxy) is 1. The lowest BCUT2D eigenvalue weighted by Crippen LogP contribution is -1.85. The summed E-state index contributed by atoms with van der Waals surface area (Å²) in [6.07, 6.45) is 1.18. The average molecular weight is 85.1 g/mol. The van der Waals surface area contributed by atoms with Crippen LogP contribution in [-0.4, -0.2) is 13.2 Å². The summed E-state index contributed by atoms with van der Waals surface area (Å²) in [4.78, 5) is 0. The summed E-state index contributed by atoms with van der Waals surface area (Å²) in [6, 6.07) is 0. The van der Waals surface area contributed by atoms with Crippen molar-refractivity contribution in [2.24, 2.45) is 0 Å². The zero-order valence-electron chi connectivity index (χ0n) is 4.03. The second-order valence-corrected chi connectivity index (χ2v) is 1.76. The maximum absolute atomic E-state index is 5.02. The maximum atomic E-state index is 5.02. The Bertz CT molecular complexity index is 37.2. The molecule has 1 aliphatic rings. The van der Waals surface area contributed by atoms with Gasteiger partial charge in [-0.15, -0.1) is 0 Å². The molecule has 0 N–H and O–H groups in total. The van der Waals surface area contributed by atoms with Gasteiger partial charge in [0.15, 0.2) is 0 Å². The third-order valence-corrected chi connectivity index (χ3v) is 1.02. The van der Waals surface area contributed by atoms with Crippen LogP contribution in [0.1, 0.15) is 13.3 Å². The molecule has 0 aliphatic carbocycles. The molecule has 1 heteroatoms. The highest BCUT2D eigenvalue weighted by atomic mass is 16.5. The van der Waals surface area contributed by atoms with E-state index in [2.05, 4.69) is 6.92 Å². The van der Waals surface area contributed by atoms with E-state index in [4.69, 9.17) is 4.74 Å². The van der Waals surface area contributed by atoms with E-state index in [9.17, 15) is 0 Å². The molecule has 0 bridgehead atoms. The Morgan fingerprint density at radius 2 is 2.50 bits per heavy atom. The third-order valence-electron chi connectivity index (χ3n) is 1.02. The van der Waals surface area contributed by atoms with Gasteiger partial charge in [-0.25, -0.2) is 0 Å². The minimum atomic E-state index is 0.903. The van der Waals surface area contributed by atoms with Gasteiger partial charge in [0.2, 0.25) is 0 Å². The quantitative estimate of drug-likeness (QED) is 0.426. The van der Waals surface area contributed by atoms with Gasteiger partial charge >= 0.3 is 0 Å². The first-order valence-electron chi connectivity index (χ1n) is 2.28. The Balaban J connectivity index is 2.18. The van der Waals surface area contributed by atoms with Crippen LogP contribution >= 0.6 is 0 Å². The van der Waals surface area contributed by atoms with Gasteiger partial charge in [-0.05, 0) is 6.42 Å². The second-order valence-electron chi connectivity index (χ2n) is 1.76. The van der Waals surface area contributed by atoms with Gasteiger partial charge in [-0.2, -0.15) is 0 Å². The molecule has 1 radical (unpaired) electrons. The van der Waals surface area contributed by atoms with Gasteiger partial charge in [-0.3, -0.25) is 0 Å². The van der Waals surface area contributed by atoms with Crippen LogP contribution in [0.15, 0.2) is 0 Å². The first kappa shape index (κ1) is 4.13. The van der Waals surface area contributed by atoms with Gasteiger partial charge in [0.25, 0.3) is 0 Å². The molecule has 0 atom stereocenters. The molecule has 1 saturated heterocycles. The predicted molar refractivity (Wildman–Crippen MR) is 24.4 cm³/mol. The Labute approximate surface area is 38.3 Å². The lowest BCUT2D eigenvalue weighted by Gasteiger charge is -1.88. The predicted octanol–water partition coefficient (Wildman–Crippen LogP) is 1.00. The molecule has 0 unspecified atom stereocenters. The molecule has 35 valence electrons. The van der Waals surface area contributed by atoms with Crippen LogP contribution in [0.4, 0.5) is 0 Å². The summed E-state index contributed by atoms with van der Waals surface area (Å²) >= 11 is 0. The van der Waals surface area contributed by atoms with Crippen LogP contribution in [0.25, 0.3) is 0 Å². The molecule has 1 fully saturated rings. The Morgan fingerprint density at radius 3 is 2.67 bits per heavy atom. The fourth-order valence-corrected chi connectivity index (χ4v) is 0.565. The third kappa shape index (κ3) is 0.716. The average Bonchev–Trinajstić information content (AvgIpc) is 1.86. The molecule has 0 saturated carbocycles. The topological polar surface area (TPSA) is 9.23 Å². The smallest absolute Gasteiger partial charge is 0.0526 e. The van der Waals surface area contributed by atoms with E-state index >= 15 is 0 Å². The van der Waals surface area contributed by atoms with Crippen molar-refractivity contribution in [2.45, 2.75) is 13.3 Å². The summed E-state index contributed by atoms with van der Waals surface area (Å²) in [5.41, 5.74) is 0. The van der Waals surface area contributed by atoms with E-state index in [0.29, 0.717) is 0 Å². The van der Waals surface area contributed by atoms with Gasteiger partial charge < -0.3 is 4.74 Å². The van der Waals surface area contributed by atoms with Gasteiger partial charge in [0.1, 0.15) is 0 Å². The fraction of sp³-hybridized carbons (Fsp3) is 0.800. The van der Waals surface area contributed by atoms with Crippen LogP contribution in [0.2, 0.25) is 0 Å². The standard InChI is InChI=1S/C5H9O/c1-5-2-3-6-4-5/h2-4H2,1H3. The highest BCUT2D eigenvalue weighted by molar-refractivity contribution is 4.87. The SMILES string of the molecule is C[C]1CCOC1. The summed E-state index contributed by atoms with van der Waals surface area (Å²) in [6.45, 7) is 3.98. The Kier molecular flexibility index (Phi) is 1.10. The summed E-state index contributed by atoms with van der Waals surface area (Å²) in [5.74, 6) is 1.48. The molecule has 1 aliphatic heterocycles. The molecule has 1 nitrogen and oxygen atoms in total. The summed E-state index contributed by atoms with van der Waals surface area (Å²) in [5, 5.41) is 0. The van der Waals surface area contributed by atoms with Gasteiger partial charge in [0.05, 0.1) is 6.61 Å². The zero-order chi connectivity index (χ0) is 4.41. The van der Waals surface area contributed by atoms with Crippen LogP contribution in [0, 0.1) is 5.92 Å². The van der Waals surface area contributed by atoms with Crippen LogP contribution in [0.3, 0.4) is 0 Å². The highest BCUT2D eigenvalue weighted by Crippen LogP contribution is 2.11. The number of rotatable bonds is 0. The van der Waals surface area contributed by atoms with Crippen molar-refractivity contribution >= 4 is 0 Å². The van der Waals surface area contributed by atoms with Gasteiger partial charge in [0, 0.05) is 12.5 Å². The Morgan fingerprint density at radius 1 is 1.67 bits per heavy atom. The number of hydrogen-bond acceptors (Lipinski definition) is 1. The summed E-state index contributed by atoms with van der Waals surface area (Å²) in [7, 11) is 0. The van der Waals surface area contributed by atoms with E-state index in [-0.39, 0.29) is 0 Å². The zero-order valence-corrected chi connectivity index (χ0v) is 4.03. The van der Waals surface area contributed by atoms with E-state index in [1.165, 1.54) is 12.3 Å². The molecular weight excluding hydrogens is 76.1 g/mol. The first-order chi connectivity index (χ1) is 2.89. The molecule has 1 rings (SSSR count). The molecule has 6 heavy (non-hydrogen) atoms. The molecular formula is C5H9O. The first-order valence-corrected chi connectivity index (χ1v) is 2.28. The van der Waals surface area contributed by atoms with Crippen molar-refractivity contribution < 1.29 is 4.74 Å². The maximum Gasteiger partial charge on any atom is 0.0526 e. The molecule has 0 aromatic heterocycles. The van der Waals surface area contributed by atoms with Crippen molar-refractivity contribution in [3.8, 4) is 0 Å². The van der Waals surface area contributed by atoms with E-state index < -0.39 is 0 Å². The highest BCUT2D eigenvalue weighted by Gasteiger charge is 2.08. The normalized spacial score (nSPS) is 25.5. The van der Waals surface area contributed by atoms with Crippen LogP contribution in [0.5, 0.6) is 0 Å². The van der Waals surface area contributed by atoms with Crippen molar-refractivity contribution in [2.75, 3.05) is 13.2 Å². The van der Waals surface area contributed by atoms with E-state index in [1.54, 1.807) is 0 Å². The molecule has 0 aromatic rings. The Hall–Kier alpha value is -0.0400. The lowest BCUT2D eigenvalue weighted by atomic mass is 10.2. The number of hydrogen-bond donors (Lipinski definition) is 0. The molecule has 1 heterocycles. The molecule has 0 spiro atoms.